The molecule has 5 heteroatoms. The zero-order chi connectivity index (χ0) is 16.3. The standard InChI is InChI=1S/C17H27N3O2/c1-17(2,3)16(22)20-8-5-7-19(10-11-20)15(21)12-14-6-9-18(4)13-14/h6,9,13H,5,7-8,10-12H2,1-4H3. The van der Waals surface area contributed by atoms with Crippen LogP contribution in [-0.2, 0) is 23.1 Å². The van der Waals surface area contributed by atoms with Gasteiger partial charge in [0.2, 0.25) is 11.8 Å². The molecule has 1 aliphatic rings. The molecule has 1 aromatic heterocycles. The van der Waals surface area contributed by atoms with Crippen molar-refractivity contribution >= 4 is 11.8 Å². The van der Waals surface area contributed by atoms with Crippen molar-refractivity contribution in [2.75, 3.05) is 26.2 Å². The van der Waals surface area contributed by atoms with Gasteiger partial charge in [0.25, 0.3) is 0 Å². The van der Waals surface area contributed by atoms with Crippen molar-refractivity contribution in [2.45, 2.75) is 33.6 Å². The van der Waals surface area contributed by atoms with Crippen LogP contribution in [0.1, 0.15) is 32.8 Å². The predicted octanol–water partition coefficient (Wildman–Crippen LogP) is 1.67. The van der Waals surface area contributed by atoms with Crippen LogP contribution in [-0.4, -0.2) is 52.4 Å². The van der Waals surface area contributed by atoms with E-state index in [9.17, 15) is 9.59 Å². The van der Waals surface area contributed by atoms with Crippen molar-refractivity contribution in [2.24, 2.45) is 12.5 Å². The molecule has 1 aromatic rings. The largest absolute Gasteiger partial charge is 0.357 e. The Hall–Kier alpha value is -1.78. The number of rotatable bonds is 2. The van der Waals surface area contributed by atoms with Crippen LogP contribution in [0.5, 0.6) is 0 Å². The van der Waals surface area contributed by atoms with E-state index in [0.29, 0.717) is 19.5 Å². The van der Waals surface area contributed by atoms with Gasteiger partial charge in [-0.25, -0.2) is 0 Å². The highest BCUT2D eigenvalue weighted by Gasteiger charge is 2.29. The summed E-state index contributed by atoms with van der Waals surface area (Å²) in [6, 6.07) is 1.98. The second-order valence-electron chi connectivity index (χ2n) is 7.14. The van der Waals surface area contributed by atoms with E-state index < -0.39 is 0 Å². The molecule has 1 fully saturated rings. The smallest absolute Gasteiger partial charge is 0.228 e. The molecule has 0 radical (unpaired) electrons. The fraction of sp³-hybridized carbons (Fsp3) is 0.647. The van der Waals surface area contributed by atoms with Gasteiger partial charge in [0.15, 0.2) is 0 Å². The third-order valence-corrected chi connectivity index (χ3v) is 4.03. The zero-order valence-corrected chi connectivity index (χ0v) is 14.1. The molecule has 0 aliphatic carbocycles. The van der Waals surface area contributed by atoms with Crippen molar-refractivity contribution < 1.29 is 9.59 Å². The first-order valence-electron chi connectivity index (χ1n) is 7.95. The molecule has 0 spiro atoms. The number of carbonyl (C=O) groups is 2. The molecule has 0 aromatic carbocycles. The molecular weight excluding hydrogens is 278 g/mol. The summed E-state index contributed by atoms with van der Waals surface area (Å²) in [4.78, 5) is 28.6. The van der Waals surface area contributed by atoms with Crippen molar-refractivity contribution in [3.8, 4) is 0 Å². The molecule has 0 saturated carbocycles. The van der Waals surface area contributed by atoms with E-state index in [-0.39, 0.29) is 17.2 Å². The summed E-state index contributed by atoms with van der Waals surface area (Å²) in [7, 11) is 1.95. The van der Waals surface area contributed by atoms with Crippen LogP contribution in [0.2, 0.25) is 0 Å². The normalized spacial score (nSPS) is 16.5. The van der Waals surface area contributed by atoms with Gasteiger partial charge >= 0.3 is 0 Å². The van der Waals surface area contributed by atoms with Gasteiger partial charge in [-0.05, 0) is 18.1 Å². The average Bonchev–Trinajstić information content (AvgIpc) is 2.71. The monoisotopic (exact) mass is 305 g/mol. The molecule has 0 bridgehead atoms. The van der Waals surface area contributed by atoms with Crippen LogP contribution in [0.4, 0.5) is 0 Å². The average molecular weight is 305 g/mol. The van der Waals surface area contributed by atoms with Crippen LogP contribution in [0.25, 0.3) is 0 Å². The molecule has 1 saturated heterocycles. The minimum atomic E-state index is -0.358. The minimum Gasteiger partial charge on any atom is -0.357 e. The fourth-order valence-corrected chi connectivity index (χ4v) is 2.80. The van der Waals surface area contributed by atoms with Gasteiger partial charge in [-0.15, -0.1) is 0 Å². The maximum absolute atomic E-state index is 12.4. The van der Waals surface area contributed by atoms with Crippen molar-refractivity contribution in [3.05, 3.63) is 24.0 Å². The molecule has 122 valence electrons. The molecule has 1 aliphatic heterocycles. The van der Waals surface area contributed by atoms with Crippen molar-refractivity contribution in [1.29, 1.82) is 0 Å². The summed E-state index contributed by atoms with van der Waals surface area (Å²) >= 11 is 0. The summed E-state index contributed by atoms with van der Waals surface area (Å²) in [5.74, 6) is 0.320. The highest BCUT2D eigenvalue weighted by molar-refractivity contribution is 5.82. The highest BCUT2D eigenvalue weighted by atomic mass is 16.2. The van der Waals surface area contributed by atoms with E-state index in [1.807, 2.05) is 60.6 Å². The highest BCUT2D eigenvalue weighted by Crippen LogP contribution is 2.19. The Bertz CT molecular complexity index is 542. The van der Waals surface area contributed by atoms with E-state index in [0.717, 1.165) is 25.1 Å². The lowest BCUT2D eigenvalue weighted by molar-refractivity contribution is -0.139. The molecule has 2 amide bonds. The van der Waals surface area contributed by atoms with E-state index >= 15 is 0 Å². The lowest BCUT2D eigenvalue weighted by atomic mass is 9.94. The van der Waals surface area contributed by atoms with E-state index in [1.54, 1.807) is 0 Å². The third-order valence-electron chi connectivity index (χ3n) is 4.03. The number of hydrogen-bond donors (Lipinski definition) is 0. The first-order valence-corrected chi connectivity index (χ1v) is 7.95. The summed E-state index contributed by atoms with van der Waals surface area (Å²) in [6.07, 6.45) is 5.22. The summed E-state index contributed by atoms with van der Waals surface area (Å²) in [6.45, 7) is 8.57. The molecule has 2 heterocycles. The van der Waals surface area contributed by atoms with Crippen LogP contribution in [0.3, 0.4) is 0 Å². The zero-order valence-electron chi connectivity index (χ0n) is 14.1. The van der Waals surface area contributed by atoms with Crippen LogP contribution in [0.15, 0.2) is 18.5 Å². The number of hydrogen-bond acceptors (Lipinski definition) is 2. The predicted molar refractivity (Wildman–Crippen MR) is 86.3 cm³/mol. The Morgan fingerprint density at radius 2 is 1.73 bits per heavy atom. The van der Waals surface area contributed by atoms with Gasteiger partial charge in [-0.2, -0.15) is 0 Å². The maximum Gasteiger partial charge on any atom is 0.228 e. The summed E-state index contributed by atoms with van der Waals surface area (Å²) in [5.41, 5.74) is 0.683. The summed E-state index contributed by atoms with van der Waals surface area (Å²) < 4.78 is 1.95. The maximum atomic E-state index is 12.4. The number of aryl methyl sites for hydroxylation is 1. The number of aromatic nitrogens is 1. The molecule has 0 atom stereocenters. The molecule has 2 rings (SSSR count). The van der Waals surface area contributed by atoms with Gasteiger partial charge in [-0.1, -0.05) is 20.8 Å². The Labute approximate surface area is 132 Å². The van der Waals surface area contributed by atoms with Crippen LogP contribution in [0, 0.1) is 5.41 Å². The summed E-state index contributed by atoms with van der Waals surface area (Å²) in [5, 5.41) is 0. The molecule has 5 nitrogen and oxygen atoms in total. The SMILES string of the molecule is Cn1ccc(CC(=O)N2CCCN(C(=O)C(C)(C)C)CC2)c1. The number of nitrogens with zero attached hydrogens (tertiary/aromatic N) is 3. The lowest BCUT2D eigenvalue weighted by Gasteiger charge is -2.28. The fourth-order valence-electron chi connectivity index (χ4n) is 2.80. The molecule has 22 heavy (non-hydrogen) atoms. The van der Waals surface area contributed by atoms with Gasteiger partial charge in [0.1, 0.15) is 0 Å². The van der Waals surface area contributed by atoms with Gasteiger partial charge in [0, 0.05) is 51.0 Å². The molecule has 0 N–H and O–H groups in total. The first kappa shape index (κ1) is 16.6. The Kier molecular flexibility index (Phi) is 4.94. The second-order valence-corrected chi connectivity index (χ2v) is 7.14. The number of amides is 2. The van der Waals surface area contributed by atoms with E-state index in [4.69, 9.17) is 0 Å². The molecule has 0 unspecified atom stereocenters. The third kappa shape index (κ3) is 4.12. The van der Waals surface area contributed by atoms with Gasteiger partial charge in [-0.3, -0.25) is 9.59 Å². The van der Waals surface area contributed by atoms with Crippen molar-refractivity contribution in [3.63, 3.8) is 0 Å². The lowest BCUT2D eigenvalue weighted by Crippen LogP contribution is -2.42. The molecular formula is C17H27N3O2. The van der Waals surface area contributed by atoms with Gasteiger partial charge < -0.3 is 14.4 Å². The van der Waals surface area contributed by atoms with Gasteiger partial charge in [0.05, 0.1) is 6.42 Å². The van der Waals surface area contributed by atoms with Crippen molar-refractivity contribution in [1.82, 2.24) is 14.4 Å². The quantitative estimate of drug-likeness (QED) is 0.834. The second kappa shape index (κ2) is 6.55. The Balaban J connectivity index is 1.92. The Morgan fingerprint density at radius 1 is 1.09 bits per heavy atom. The van der Waals surface area contributed by atoms with E-state index in [1.165, 1.54) is 0 Å². The topological polar surface area (TPSA) is 45.6 Å². The Morgan fingerprint density at radius 3 is 2.32 bits per heavy atom. The van der Waals surface area contributed by atoms with E-state index in [2.05, 4.69) is 0 Å². The number of carbonyl (C=O) groups excluding carboxylic acids is 2. The first-order chi connectivity index (χ1) is 10.3. The minimum absolute atomic E-state index is 0.149. The van der Waals surface area contributed by atoms with Crippen LogP contribution < -0.4 is 0 Å². The van der Waals surface area contributed by atoms with Crippen LogP contribution >= 0.6 is 0 Å².